The summed E-state index contributed by atoms with van der Waals surface area (Å²) in [5.41, 5.74) is 0. The number of thiophene rings is 1. The van der Waals surface area contributed by atoms with Gasteiger partial charge in [-0.3, -0.25) is 4.79 Å². The Hall–Kier alpha value is -0.0400. The van der Waals surface area contributed by atoms with Crippen molar-refractivity contribution in [3.05, 3.63) is 14.7 Å². The van der Waals surface area contributed by atoms with Crippen molar-refractivity contribution in [2.45, 2.75) is 11.8 Å². The predicted molar refractivity (Wildman–Crippen MR) is 66.7 cm³/mol. The van der Waals surface area contributed by atoms with Crippen molar-refractivity contribution >= 4 is 44.9 Å². The van der Waals surface area contributed by atoms with E-state index in [0.717, 1.165) is 20.0 Å². The first-order valence-electron chi connectivity index (χ1n) is 4.34. The molecule has 0 aliphatic rings. The van der Waals surface area contributed by atoms with Crippen LogP contribution in [0.15, 0.2) is 14.7 Å². The van der Waals surface area contributed by atoms with Gasteiger partial charge in [0.1, 0.15) is 5.75 Å². The third-order valence-electron chi connectivity index (χ3n) is 1.90. The number of rotatable bonds is 5. The van der Waals surface area contributed by atoms with Gasteiger partial charge in [-0.15, -0.1) is 11.3 Å². The van der Waals surface area contributed by atoms with Crippen LogP contribution in [0, 0.1) is 6.92 Å². The molecule has 1 aromatic rings. The minimum atomic E-state index is -1.02. The average molecular weight is 310 g/mol. The molecule has 0 spiro atoms. The zero-order valence-electron chi connectivity index (χ0n) is 8.53. The van der Waals surface area contributed by atoms with E-state index >= 15 is 0 Å². The maximum absolute atomic E-state index is 11.9. The fourth-order valence-corrected chi connectivity index (χ4v) is 4.51. The Balaban J connectivity index is 2.57. The molecule has 0 aromatic carbocycles. The lowest BCUT2D eigenvalue weighted by atomic mass is 10.5. The summed E-state index contributed by atoms with van der Waals surface area (Å²) >= 11 is 3.92. The second-order valence-corrected chi connectivity index (χ2v) is 7.28. The van der Waals surface area contributed by atoms with Crippen LogP contribution in [0.2, 0.25) is 0 Å². The molecule has 0 radical (unpaired) electrons. The molecule has 0 fully saturated rings. The van der Waals surface area contributed by atoms with E-state index in [1.165, 1.54) is 4.90 Å². The van der Waals surface area contributed by atoms with Crippen LogP contribution in [0.3, 0.4) is 0 Å². The second-order valence-electron chi connectivity index (χ2n) is 3.11. The Morgan fingerprint density at radius 1 is 1.73 bits per heavy atom. The predicted octanol–water partition coefficient (Wildman–Crippen LogP) is 2.01. The molecule has 15 heavy (non-hydrogen) atoms. The summed E-state index contributed by atoms with van der Waals surface area (Å²) in [6.07, 6.45) is 0.744. The van der Waals surface area contributed by atoms with E-state index in [1.54, 1.807) is 18.4 Å². The SMILES string of the molecule is Cc1sc(Br)cc1[S+]([O-])CCN(C)C=O. The Labute approximate surface area is 105 Å². The first kappa shape index (κ1) is 13.0. The van der Waals surface area contributed by atoms with Crippen LogP contribution in [0.1, 0.15) is 4.88 Å². The fourth-order valence-electron chi connectivity index (χ4n) is 1.05. The topological polar surface area (TPSA) is 43.4 Å². The van der Waals surface area contributed by atoms with Gasteiger partial charge in [-0.25, -0.2) is 0 Å². The minimum Gasteiger partial charge on any atom is -0.611 e. The van der Waals surface area contributed by atoms with Gasteiger partial charge in [0.25, 0.3) is 0 Å². The van der Waals surface area contributed by atoms with Crippen molar-refractivity contribution < 1.29 is 9.35 Å². The summed E-state index contributed by atoms with van der Waals surface area (Å²) in [6, 6.07) is 1.89. The molecule has 1 aromatic heterocycles. The average Bonchev–Trinajstić information content (AvgIpc) is 2.53. The van der Waals surface area contributed by atoms with Gasteiger partial charge in [0.15, 0.2) is 4.90 Å². The van der Waals surface area contributed by atoms with Crippen molar-refractivity contribution in [3.8, 4) is 0 Å². The molecule has 0 saturated carbocycles. The number of hydrogen-bond donors (Lipinski definition) is 0. The van der Waals surface area contributed by atoms with E-state index in [2.05, 4.69) is 15.9 Å². The van der Waals surface area contributed by atoms with Crippen molar-refractivity contribution in [1.29, 1.82) is 0 Å². The highest BCUT2D eigenvalue weighted by atomic mass is 79.9. The largest absolute Gasteiger partial charge is 0.611 e. The lowest BCUT2D eigenvalue weighted by Gasteiger charge is -2.13. The Bertz CT molecular complexity index is 343. The van der Waals surface area contributed by atoms with Gasteiger partial charge in [-0.1, -0.05) is 0 Å². The molecule has 0 saturated heterocycles. The number of carbonyl (C=O) groups is 1. The van der Waals surface area contributed by atoms with E-state index in [4.69, 9.17) is 0 Å². The monoisotopic (exact) mass is 309 g/mol. The number of carbonyl (C=O) groups excluding carboxylic acids is 1. The smallest absolute Gasteiger partial charge is 0.209 e. The van der Waals surface area contributed by atoms with Gasteiger partial charge in [-0.05, 0) is 34.0 Å². The van der Waals surface area contributed by atoms with Gasteiger partial charge in [0, 0.05) is 13.1 Å². The number of nitrogens with zero attached hydrogens (tertiary/aromatic N) is 1. The molecule has 1 amide bonds. The quantitative estimate of drug-likeness (QED) is 0.617. The fraction of sp³-hybridized carbons (Fsp3) is 0.444. The van der Waals surface area contributed by atoms with Crippen molar-refractivity contribution in [1.82, 2.24) is 4.90 Å². The minimum absolute atomic E-state index is 0.485. The lowest BCUT2D eigenvalue weighted by Crippen LogP contribution is -2.24. The van der Waals surface area contributed by atoms with Crippen LogP contribution in [0.25, 0.3) is 0 Å². The molecular weight excluding hydrogens is 298 g/mol. The summed E-state index contributed by atoms with van der Waals surface area (Å²) in [6.45, 7) is 2.47. The zero-order chi connectivity index (χ0) is 11.4. The third kappa shape index (κ3) is 3.79. The molecule has 6 heteroatoms. The highest BCUT2D eigenvalue weighted by molar-refractivity contribution is 9.11. The van der Waals surface area contributed by atoms with Gasteiger partial charge in [-0.2, -0.15) is 0 Å². The molecule has 0 aliphatic heterocycles. The van der Waals surface area contributed by atoms with Gasteiger partial charge in [0.2, 0.25) is 6.41 Å². The van der Waals surface area contributed by atoms with Crippen LogP contribution in [-0.4, -0.2) is 35.2 Å². The van der Waals surface area contributed by atoms with Crippen LogP contribution in [0.4, 0.5) is 0 Å². The maximum Gasteiger partial charge on any atom is 0.209 e. The highest BCUT2D eigenvalue weighted by Crippen LogP contribution is 2.30. The summed E-state index contributed by atoms with van der Waals surface area (Å²) in [7, 11) is 1.68. The maximum atomic E-state index is 11.9. The van der Waals surface area contributed by atoms with Crippen LogP contribution in [0.5, 0.6) is 0 Å². The Kier molecular flexibility index (Phi) is 5.11. The Morgan fingerprint density at radius 3 is 2.87 bits per heavy atom. The van der Waals surface area contributed by atoms with E-state index < -0.39 is 11.2 Å². The molecule has 1 unspecified atom stereocenters. The number of hydrogen-bond acceptors (Lipinski definition) is 3. The Morgan fingerprint density at radius 2 is 2.40 bits per heavy atom. The number of aryl methyl sites for hydroxylation is 1. The van der Waals surface area contributed by atoms with Crippen molar-refractivity contribution in [2.24, 2.45) is 0 Å². The van der Waals surface area contributed by atoms with Gasteiger partial charge in [0.05, 0.1) is 15.2 Å². The molecule has 0 N–H and O–H groups in total. The molecule has 0 aliphatic carbocycles. The van der Waals surface area contributed by atoms with Crippen LogP contribution in [-0.2, 0) is 16.0 Å². The molecule has 1 rings (SSSR count). The number of halogens is 1. The molecule has 3 nitrogen and oxygen atoms in total. The van der Waals surface area contributed by atoms with E-state index in [0.29, 0.717) is 12.3 Å². The number of amides is 1. The van der Waals surface area contributed by atoms with E-state index in [1.807, 2.05) is 13.0 Å². The molecular formula is C9H12BrNO2S2. The summed E-state index contributed by atoms with van der Waals surface area (Å²) in [5.74, 6) is 0.485. The second kappa shape index (κ2) is 5.89. The van der Waals surface area contributed by atoms with Gasteiger partial charge < -0.3 is 9.45 Å². The standard InChI is InChI=1S/C9H12BrNO2S2/c1-7-8(5-9(10)14-7)15(13)4-3-11(2)6-12/h5-6H,3-4H2,1-2H3. The highest BCUT2D eigenvalue weighted by Gasteiger charge is 2.17. The normalized spacial score (nSPS) is 12.5. The summed E-state index contributed by atoms with van der Waals surface area (Å²) in [5, 5.41) is 0. The third-order valence-corrected chi connectivity index (χ3v) is 5.05. The zero-order valence-corrected chi connectivity index (χ0v) is 11.7. The molecule has 84 valence electrons. The van der Waals surface area contributed by atoms with E-state index in [9.17, 15) is 9.35 Å². The van der Waals surface area contributed by atoms with Gasteiger partial charge >= 0.3 is 0 Å². The molecule has 1 atom stereocenters. The summed E-state index contributed by atoms with van der Waals surface area (Å²) < 4.78 is 12.8. The first-order chi connectivity index (χ1) is 7.04. The van der Waals surface area contributed by atoms with Crippen LogP contribution >= 0.6 is 27.3 Å². The van der Waals surface area contributed by atoms with E-state index in [-0.39, 0.29) is 0 Å². The van der Waals surface area contributed by atoms with Crippen molar-refractivity contribution in [2.75, 3.05) is 19.3 Å². The van der Waals surface area contributed by atoms with Crippen LogP contribution < -0.4 is 0 Å². The summed E-state index contributed by atoms with van der Waals surface area (Å²) in [4.78, 5) is 13.8. The molecule has 1 heterocycles. The van der Waals surface area contributed by atoms with Crippen molar-refractivity contribution in [3.63, 3.8) is 0 Å². The lowest BCUT2D eigenvalue weighted by molar-refractivity contribution is -0.116. The first-order valence-corrected chi connectivity index (χ1v) is 7.27. The molecule has 0 bridgehead atoms.